The summed E-state index contributed by atoms with van der Waals surface area (Å²) in [5.74, 6) is 0.988. The van der Waals surface area contributed by atoms with E-state index in [9.17, 15) is 19.2 Å². The third-order valence-electron chi connectivity index (χ3n) is 12.5. The largest absolute Gasteiger partial charge is 0.453 e. The van der Waals surface area contributed by atoms with Crippen LogP contribution in [0.3, 0.4) is 0 Å². The number of amides is 4. The lowest BCUT2D eigenvalue weighted by atomic mass is 9.97. The van der Waals surface area contributed by atoms with Crippen molar-refractivity contribution in [1.29, 1.82) is 0 Å². The molecule has 5 aromatic carbocycles. The highest BCUT2D eigenvalue weighted by Gasteiger charge is 2.39. The summed E-state index contributed by atoms with van der Waals surface area (Å²) in [4.78, 5) is 72.5. The lowest BCUT2D eigenvalue weighted by Gasteiger charge is -2.30. The van der Waals surface area contributed by atoms with Crippen molar-refractivity contribution in [2.24, 2.45) is 5.92 Å². The second kappa shape index (κ2) is 17.3. The number of carbonyl (C=O) groups is 4. The lowest BCUT2D eigenvalue weighted by molar-refractivity contribution is -0.135. The minimum atomic E-state index is -0.888. The molecule has 7 aromatic rings. The summed E-state index contributed by atoms with van der Waals surface area (Å²) in [5, 5.41) is 9.69. The number of nitrogens with one attached hydrogen (secondary N) is 4. The van der Waals surface area contributed by atoms with E-state index in [0.29, 0.717) is 18.7 Å². The molecule has 0 spiro atoms. The van der Waals surface area contributed by atoms with Crippen molar-refractivity contribution in [3.05, 3.63) is 120 Å². The number of methoxy groups -OCH3 is 2. The van der Waals surface area contributed by atoms with Crippen LogP contribution in [0.15, 0.2) is 103 Å². The van der Waals surface area contributed by atoms with Crippen LogP contribution >= 0.6 is 0 Å². The van der Waals surface area contributed by atoms with Crippen molar-refractivity contribution in [1.82, 2.24) is 40.4 Å². The molecule has 322 valence electrons. The Morgan fingerprint density at radius 3 is 1.98 bits per heavy atom. The van der Waals surface area contributed by atoms with Crippen LogP contribution < -0.4 is 10.6 Å². The van der Waals surface area contributed by atoms with Gasteiger partial charge in [0.2, 0.25) is 5.91 Å². The number of hydrogen-bond donors (Lipinski definition) is 4. The van der Waals surface area contributed by atoms with Crippen LogP contribution in [0.4, 0.5) is 9.59 Å². The second-order valence-electron chi connectivity index (χ2n) is 16.7. The van der Waals surface area contributed by atoms with Crippen molar-refractivity contribution in [3.8, 4) is 22.4 Å². The summed E-state index contributed by atoms with van der Waals surface area (Å²) in [6.07, 6.45) is 3.72. The smallest absolute Gasteiger partial charge is 0.407 e. The van der Waals surface area contributed by atoms with E-state index in [4.69, 9.17) is 19.4 Å². The van der Waals surface area contributed by atoms with Gasteiger partial charge in [-0.1, -0.05) is 86.6 Å². The fourth-order valence-electron chi connectivity index (χ4n) is 9.19. The summed E-state index contributed by atoms with van der Waals surface area (Å²) in [5.41, 5.74) is 6.44. The van der Waals surface area contributed by atoms with Gasteiger partial charge in [-0.05, 0) is 88.7 Å². The van der Waals surface area contributed by atoms with E-state index in [1.807, 2.05) is 66.2 Å². The molecule has 0 radical (unpaired) electrons. The van der Waals surface area contributed by atoms with E-state index in [1.54, 1.807) is 0 Å². The summed E-state index contributed by atoms with van der Waals surface area (Å²) in [6.45, 7) is 4.95. The van der Waals surface area contributed by atoms with Crippen molar-refractivity contribution in [3.63, 3.8) is 0 Å². The number of carbonyl (C=O) groups excluding carboxylic acids is 4. The first-order chi connectivity index (χ1) is 30.6. The first-order valence-corrected chi connectivity index (χ1v) is 21.5. The van der Waals surface area contributed by atoms with E-state index in [-0.39, 0.29) is 29.8 Å². The van der Waals surface area contributed by atoms with Crippen molar-refractivity contribution >= 4 is 56.6 Å². The van der Waals surface area contributed by atoms with Gasteiger partial charge >= 0.3 is 12.2 Å². The Labute approximate surface area is 364 Å². The molecular weight excluding hydrogens is 797 g/mol. The first kappa shape index (κ1) is 41.1. The molecule has 4 amide bonds. The molecule has 2 fully saturated rings. The van der Waals surface area contributed by atoms with Gasteiger partial charge in [0, 0.05) is 24.0 Å². The molecule has 14 heteroatoms. The molecular formula is C49H50N8O6. The van der Waals surface area contributed by atoms with Gasteiger partial charge in [0.15, 0.2) is 0 Å². The van der Waals surface area contributed by atoms with Crippen molar-refractivity contribution < 1.29 is 28.7 Å². The van der Waals surface area contributed by atoms with Gasteiger partial charge < -0.3 is 39.9 Å². The zero-order valence-electron chi connectivity index (χ0n) is 35.7. The molecule has 63 heavy (non-hydrogen) atoms. The molecule has 14 nitrogen and oxygen atoms in total. The Balaban J connectivity index is 0.927. The molecule has 9 rings (SSSR count). The standard InChI is InChI=1S/C49H50N8O6/c1-28(2)41(54-48(60)62-3)46(58)56-22-8-12-39(56)44-50-27-38(52-44)35-17-16-31-24-30(14-15-32(31)26-35)33-18-20-36-34(25-33)19-21-37-43(36)53-45(51-37)40-13-9-23-57(40)47(59)42(55-49(61)63-4)29-10-6-5-7-11-29/h5-7,10-11,14-21,24-28,39-42H,8-9,12-13,22-23H2,1-4H3,(H,50,52)(H,51,53)(H,54,60)(H,55,61)/t39-,40-,41?,42+/m0/s1. The van der Waals surface area contributed by atoms with E-state index >= 15 is 0 Å². The predicted octanol–water partition coefficient (Wildman–Crippen LogP) is 8.73. The molecule has 2 aromatic heterocycles. The molecule has 0 bridgehead atoms. The van der Waals surface area contributed by atoms with E-state index < -0.39 is 24.3 Å². The highest BCUT2D eigenvalue weighted by atomic mass is 16.5. The average molecular weight is 847 g/mol. The fourth-order valence-corrected chi connectivity index (χ4v) is 9.19. The lowest BCUT2D eigenvalue weighted by Crippen LogP contribution is -2.51. The zero-order chi connectivity index (χ0) is 43.8. The van der Waals surface area contributed by atoms with Gasteiger partial charge in [-0.15, -0.1) is 0 Å². The molecule has 1 unspecified atom stereocenters. The summed E-state index contributed by atoms with van der Waals surface area (Å²) in [6, 6.07) is 30.5. The Morgan fingerprint density at radius 2 is 1.29 bits per heavy atom. The number of rotatable bonds is 10. The molecule has 0 aliphatic carbocycles. The summed E-state index contributed by atoms with van der Waals surface area (Å²) >= 11 is 0. The van der Waals surface area contributed by atoms with E-state index in [0.717, 1.165) is 92.3 Å². The van der Waals surface area contributed by atoms with Crippen molar-refractivity contribution in [2.75, 3.05) is 27.3 Å². The Morgan fingerprint density at radius 1 is 0.683 bits per heavy atom. The van der Waals surface area contributed by atoms with Crippen LogP contribution in [0.1, 0.15) is 74.9 Å². The summed E-state index contributed by atoms with van der Waals surface area (Å²) < 4.78 is 9.64. The van der Waals surface area contributed by atoms with E-state index in [1.165, 1.54) is 14.2 Å². The summed E-state index contributed by atoms with van der Waals surface area (Å²) in [7, 11) is 2.58. The number of H-pyrrole nitrogens is 2. The van der Waals surface area contributed by atoms with Gasteiger partial charge in [-0.2, -0.15) is 0 Å². The molecule has 4 N–H and O–H groups in total. The van der Waals surface area contributed by atoms with Crippen LogP contribution in [0, 0.1) is 5.92 Å². The highest BCUT2D eigenvalue weighted by Crippen LogP contribution is 2.37. The maximum absolute atomic E-state index is 14.1. The quantitative estimate of drug-likeness (QED) is 0.106. The minimum Gasteiger partial charge on any atom is -0.453 e. The van der Waals surface area contributed by atoms with Crippen LogP contribution in [0.2, 0.25) is 0 Å². The number of hydrogen-bond acceptors (Lipinski definition) is 8. The molecule has 4 atom stereocenters. The molecule has 2 aliphatic heterocycles. The number of nitrogens with zero attached hydrogens (tertiary/aromatic N) is 4. The maximum Gasteiger partial charge on any atom is 0.407 e. The second-order valence-corrected chi connectivity index (χ2v) is 16.7. The zero-order valence-corrected chi connectivity index (χ0v) is 35.7. The van der Waals surface area contributed by atoms with Crippen LogP contribution in [0.5, 0.6) is 0 Å². The molecule has 2 aliphatic rings. The number of likely N-dealkylation sites (tertiary alicyclic amines) is 2. The van der Waals surface area contributed by atoms with Crippen molar-refractivity contribution in [2.45, 2.75) is 63.7 Å². The van der Waals surface area contributed by atoms with Gasteiger partial charge in [-0.25, -0.2) is 19.6 Å². The topological polar surface area (TPSA) is 175 Å². The Kier molecular flexibility index (Phi) is 11.3. The minimum absolute atomic E-state index is 0.110. The van der Waals surface area contributed by atoms with Gasteiger partial charge in [0.05, 0.1) is 49.2 Å². The fraction of sp³-hybridized carbons (Fsp3) is 0.306. The third-order valence-corrected chi connectivity index (χ3v) is 12.5. The van der Waals surface area contributed by atoms with E-state index in [2.05, 4.69) is 81.3 Å². The average Bonchev–Trinajstić information content (AvgIpc) is 4.16. The number of aromatic amines is 2. The van der Waals surface area contributed by atoms with Gasteiger partial charge in [0.25, 0.3) is 5.91 Å². The normalized spacial score (nSPS) is 17.3. The predicted molar refractivity (Wildman–Crippen MR) is 240 cm³/mol. The highest BCUT2D eigenvalue weighted by molar-refractivity contribution is 6.06. The number of imidazole rings is 2. The molecule has 2 saturated heterocycles. The number of ether oxygens (including phenoxy) is 2. The number of benzene rings is 5. The number of alkyl carbamates (subject to hydrolysis) is 2. The van der Waals surface area contributed by atoms with Crippen LogP contribution in [0.25, 0.3) is 55.0 Å². The maximum atomic E-state index is 14.1. The third kappa shape index (κ3) is 8.04. The van der Waals surface area contributed by atoms with Gasteiger partial charge in [0.1, 0.15) is 23.7 Å². The Hall–Kier alpha value is -7.22. The SMILES string of the molecule is COC(=O)NC(C(=O)N1CCC[C@H]1c1ncc(-c2ccc3cc(-c4ccc5c(ccc6[nH]c([C@@H]7CCCN7C(=O)[C@H](NC(=O)OC)c7ccccc7)nc65)c4)ccc3c2)[nH]1)C(C)C. The van der Waals surface area contributed by atoms with Crippen LogP contribution in [-0.2, 0) is 19.1 Å². The Bertz CT molecular complexity index is 2850. The molecule has 0 saturated carbocycles. The number of fused-ring (bicyclic) bond motifs is 4. The number of aromatic nitrogens is 4. The molecule has 4 heterocycles. The first-order valence-electron chi connectivity index (χ1n) is 21.5. The van der Waals surface area contributed by atoms with Gasteiger partial charge in [-0.3, -0.25) is 9.59 Å². The monoisotopic (exact) mass is 846 g/mol. The van der Waals surface area contributed by atoms with Crippen LogP contribution in [-0.4, -0.2) is 87.1 Å².